The van der Waals surface area contributed by atoms with Gasteiger partial charge in [0, 0.05) is 18.7 Å². The van der Waals surface area contributed by atoms with Gasteiger partial charge in [0.2, 0.25) is 17.8 Å². The Balaban J connectivity index is 1.54. The Labute approximate surface area is 414 Å². The molecule has 1 aromatic heterocycles. The Morgan fingerprint density at radius 1 is 0.536 bits per heavy atom. The van der Waals surface area contributed by atoms with Crippen LogP contribution in [-0.4, -0.2) is 98.1 Å². The molecular weight excluding hydrogens is 1080 g/mol. The number of aromatic nitrogens is 3. The number of nitrogens with zero attached hydrogens (tertiary/aromatic N) is 7. The summed E-state index contributed by atoms with van der Waals surface area (Å²) in [5.41, 5.74) is 0.0258. The van der Waals surface area contributed by atoms with Crippen molar-refractivity contribution >= 4 is 139 Å². The Hall–Kier alpha value is -5.11. The second-order valence-electron chi connectivity index (χ2n) is 14.0. The lowest BCUT2D eigenvalue weighted by Crippen LogP contribution is -2.12. The minimum Gasteiger partial charge on any atom is -0.491 e. The number of halogens is 4. The molecule has 0 bridgehead atoms. The molecule has 0 unspecified atom stereocenters. The lowest BCUT2D eigenvalue weighted by atomic mass is 10.2. The molecule has 4 aromatic carbocycles. The fraction of sp³-hybridized carbons (Fsp3) is 0.270. The first-order chi connectivity index (χ1) is 32.3. The van der Waals surface area contributed by atoms with Crippen molar-refractivity contribution in [2.75, 3.05) is 47.2 Å². The van der Waals surface area contributed by atoms with Crippen molar-refractivity contribution in [2.45, 2.75) is 42.4 Å². The fourth-order valence-corrected chi connectivity index (χ4v) is 8.79. The fourth-order valence-electron chi connectivity index (χ4n) is 5.43. The predicted molar refractivity (Wildman–Crippen MR) is 257 cm³/mol. The van der Waals surface area contributed by atoms with Crippen LogP contribution in [-0.2, 0) is 40.5 Å². The number of azo groups is 2. The van der Waals surface area contributed by atoms with Gasteiger partial charge in [-0.25, -0.2) is 0 Å². The van der Waals surface area contributed by atoms with Crippen LogP contribution in [0.3, 0.4) is 0 Å². The summed E-state index contributed by atoms with van der Waals surface area (Å²) in [5.74, 6) is -1.55. The molecule has 0 atom stereocenters. The molecule has 0 amide bonds. The van der Waals surface area contributed by atoms with Crippen LogP contribution in [0.25, 0.3) is 0 Å². The van der Waals surface area contributed by atoms with Crippen LogP contribution in [0.2, 0.25) is 20.1 Å². The Kier molecular flexibility index (Phi) is 18.8. The summed E-state index contributed by atoms with van der Waals surface area (Å²) in [6.07, 6.45) is 1.18. The number of ether oxygens (including phenoxy) is 2. The maximum Gasteiger partial charge on any atom is 0.296 e. The zero-order chi connectivity index (χ0) is 50.7. The van der Waals surface area contributed by atoms with Crippen molar-refractivity contribution in [3.8, 4) is 11.5 Å². The van der Waals surface area contributed by atoms with E-state index in [2.05, 4.69) is 51.4 Å². The van der Waals surface area contributed by atoms with Gasteiger partial charge in [-0.3, -0.25) is 18.2 Å². The van der Waals surface area contributed by atoms with Gasteiger partial charge in [-0.2, -0.15) is 58.9 Å². The van der Waals surface area contributed by atoms with Gasteiger partial charge in [-0.15, -0.1) is 10.2 Å². The second-order valence-corrected chi connectivity index (χ2v) is 21.5. The molecule has 0 saturated carbocycles. The quantitative estimate of drug-likeness (QED) is 0.0172. The van der Waals surface area contributed by atoms with Crippen molar-refractivity contribution in [1.82, 2.24) is 15.0 Å². The highest BCUT2D eigenvalue weighted by atomic mass is 35.5. The third kappa shape index (κ3) is 17.4. The molecule has 0 spiro atoms. The van der Waals surface area contributed by atoms with E-state index in [4.69, 9.17) is 55.9 Å². The molecule has 69 heavy (non-hydrogen) atoms. The number of hydrogen-bond acceptors (Lipinski definition) is 20. The highest BCUT2D eigenvalue weighted by Crippen LogP contribution is 2.41. The van der Waals surface area contributed by atoms with Crippen LogP contribution in [0.4, 0.5) is 52.0 Å². The summed E-state index contributed by atoms with van der Waals surface area (Å²) in [4.78, 5) is 12.1. The number of nitrogens with one attached hydrogen (secondary N) is 3. The first-order valence-corrected chi connectivity index (χ1v) is 27.1. The van der Waals surface area contributed by atoms with Crippen LogP contribution in [0, 0.1) is 0 Å². The minimum absolute atomic E-state index is 0.0150. The highest BCUT2D eigenvalue weighted by molar-refractivity contribution is 7.86. The molecule has 0 saturated heterocycles. The Bertz CT molecular complexity index is 3020. The van der Waals surface area contributed by atoms with Crippen molar-refractivity contribution in [3.05, 3.63) is 80.8 Å². The first kappa shape index (κ1) is 54.8. The van der Waals surface area contributed by atoms with E-state index in [1.54, 1.807) is 0 Å². The van der Waals surface area contributed by atoms with Gasteiger partial charge in [0.25, 0.3) is 40.5 Å². The van der Waals surface area contributed by atoms with E-state index < -0.39 is 61.8 Å². The second kappa shape index (κ2) is 23.7. The van der Waals surface area contributed by atoms with E-state index in [0.29, 0.717) is 13.0 Å². The molecule has 24 nitrogen and oxygen atoms in total. The summed E-state index contributed by atoms with van der Waals surface area (Å²) in [7, 11) is -18.1. The van der Waals surface area contributed by atoms with Crippen LogP contribution in [0.15, 0.2) is 90.9 Å². The molecule has 0 aliphatic carbocycles. The van der Waals surface area contributed by atoms with Crippen LogP contribution >= 0.6 is 46.4 Å². The van der Waals surface area contributed by atoms with E-state index in [1.165, 1.54) is 48.5 Å². The van der Waals surface area contributed by atoms with E-state index >= 15 is 0 Å². The number of benzene rings is 4. The zero-order valence-electron chi connectivity index (χ0n) is 35.3. The van der Waals surface area contributed by atoms with Crippen LogP contribution in [0.1, 0.15) is 32.6 Å². The zero-order valence-corrected chi connectivity index (χ0v) is 41.6. The Morgan fingerprint density at radius 3 is 1.32 bits per heavy atom. The van der Waals surface area contributed by atoms with Gasteiger partial charge in [0.15, 0.2) is 0 Å². The summed E-state index contributed by atoms with van der Waals surface area (Å²) in [5, 5.41) is 24.5. The average Bonchev–Trinajstić information content (AvgIpc) is 3.23. The molecule has 5 aromatic rings. The lowest BCUT2D eigenvalue weighted by Gasteiger charge is -2.17. The molecule has 7 N–H and O–H groups in total. The summed E-state index contributed by atoms with van der Waals surface area (Å²) < 4.78 is 142. The summed E-state index contributed by atoms with van der Waals surface area (Å²) >= 11 is 25.1. The maximum absolute atomic E-state index is 11.8. The number of anilines is 5. The molecule has 372 valence electrons. The molecule has 0 radical (unpaired) electrons. The standard InChI is InChI=1S/C37H38Cl4N10O14S4/c1-2-3-10-42-35-45-36(43-29-17-25(40)27(19-31(29)64-11-4-13-66(52,53)54)50-48-21-6-8-23(38)33(15-21)68(58,59)60)47-37(46-35)44-30-18-26(41)28(20-32(30)65-12-5-14-67(55,56)57)51-49-22-7-9-24(39)34(16-22)69(61,62)63/h6-9,15-20H,2-5,10-14H2,1H3,(H,52,53,54)(H,55,56,57)(H,58,59,60)(H,61,62,63)(H3,42,43,44,45,46,47). The molecular formula is C37H38Cl4N10O14S4. The average molecular weight is 1120 g/mol. The van der Waals surface area contributed by atoms with Gasteiger partial charge < -0.3 is 25.4 Å². The van der Waals surface area contributed by atoms with Gasteiger partial charge in [-0.1, -0.05) is 59.7 Å². The van der Waals surface area contributed by atoms with Crippen LogP contribution < -0.4 is 25.4 Å². The van der Waals surface area contributed by atoms with Crippen LogP contribution in [0.5, 0.6) is 11.5 Å². The molecule has 0 fully saturated rings. The highest BCUT2D eigenvalue weighted by Gasteiger charge is 2.20. The third-order valence-electron chi connectivity index (χ3n) is 8.58. The summed E-state index contributed by atoms with van der Waals surface area (Å²) in [6.45, 7) is 1.86. The number of unbranched alkanes of at least 4 members (excludes halogenated alkanes) is 1. The first-order valence-electron chi connectivity index (χ1n) is 19.5. The van der Waals surface area contributed by atoms with E-state index in [9.17, 15) is 51.9 Å². The molecule has 0 aliphatic heterocycles. The normalized spacial score (nSPS) is 12.4. The van der Waals surface area contributed by atoms with Gasteiger partial charge in [0.05, 0.1) is 67.6 Å². The number of hydrogen-bond donors (Lipinski definition) is 7. The molecule has 5 rings (SSSR count). The molecule has 0 aliphatic rings. The van der Waals surface area contributed by atoms with Crippen molar-refractivity contribution in [1.29, 1.82) is 0 Å². The van der Waals surface area contributed by atoms with Gasteiger partial charge in [-0.05, 0) is 67.8 Å². The maximum atomic E-state index is 11.8. The predicted octanol–water partition coefficient (Wildman–Crippen LogP) is 9.82. The van der Waals surface area contributed by atoms with Crippen molar-refractivity contribution in [3.63, 3.8) is 0 Å². The number of rotatable bonds is 24. The third-order valence-corrected chi connectivity index (χ3v) is 13.5. The monoisotopic (exact) mass is 1110 g/mol. The minimum atomic E-state index is -4.72. The van der Waals surface area contributed by atoms with Gasteiger partial charge >= 0.3 is 0 Å². The van der Waals surface area contributed by atoms with Gasteiger partial charge in [0.1, 0.15) is 32.7 Å². The van der Waals surface area contributed by atoms with Crippen molar-refractivity contribution in [2.24, 2.45) is 20.5 Å². The molecule has 32 heteroatoms. The SMILES string of the molecule is CCCCNc1nc(Nc2cc(Cl)c(N=Nc3ccc(Cl)c(S(=O)(=O)O)c3)cc2OCCCS(=O)(=O)O)nc(Nc2cc(Cl)c(N=Nc3ccc(Cl)c(S(=O)(=O)O)c3)cc2OCCCS(=O)(=O)O)n1. The largest absolute Gasteiger partial charge is 0.491 e. The van der Waals surface area contributed by atoms with Crippen molar-refractivity contribution < 1.29 is 61.4 Å². The van der Waals surface area contributed by atoms with E-state index in [-0.39, 0.29) is 110 Å². The Morgan fingerprint density at radius 2 is 0.942 bits per heavy atom. The smallest absolute Gasteiger partial charge is 0.296 e. The lowest BCUT2D eigenvalue weighted by molar-refractivity contribution is 0.317. The van der Waals surface area contributed by atoms with E-state index in [1.807, 2.05) is 6.92 Å². The topological polar surface area (TPSA) is 360 Å². The molecule has 1 heterocycles. The summed E-state index contributed by atoms with van der Waals surface area (Å²) in [6, 6.07) is 12.2. The van der Waals surface area contributed by atoms with E-state index in [0.717, 1.165) is 18.6 Å².